The van der Waals surface area contributed by atoms with Crippen molar-refractivity contribution in [2.45, 2.75) is 12.6 Å². The lowest BCUT2D eigenvalue weighted by Gasteiger charge is -2.32. The number of nitrogens with zero attached hydrogens (tertiary/aromatic N) is 3. The maximum atomic E-state index is 13.0. The quantitative estimate of drug-likeness (QED) is 0.557. The van der Waals surface area contributed by atoms with Gasteiger partial charge in [-0.2, -0.15) is 5.10 Å². The van der Waals surface area contributed by atoms with Crippen LogP contribution < -0.4 is 10.1 Å². The Morgan fingerprint density at radius 2 is 2.06 bits per heavy atom. The van der Waals surface area contributed by atoms with Crippen LogP contribution in [-0.2, 0) is 11.3 Å². The summed E-state index contributed by atoms with van der Waals surface area (Å²) < 4.78 is 26.2. The average Bonchev–Trinajstić information content (AvgIpc) is 3.23. The van der Waals surface area contributed by atoms with Gasteiger partial charge < -0.3 is 19.7 Å². The van der Waals surface area contributed by atoms with Crippen molar-refractivity contribution in [1.82, 2.24) is 14.7 Å². The van der Waals surface area contributed by atoms with Gasteiger partial charge in [-0.05, 0) is 29.8 Å². The smallest absolute Gasteiger partial charge is 0.322 e. The molecule has 1 atom stereocenters. The third-order valence-corrected chi connectivity index (χ3v) is 5.43. The summed E-state index contributed by atoms with van der Waals surface area (Å²) >= 11 is 12.1. The normalized spacial score (nSPS) is 16.1. The van der Waals surface area contributed by atoms with Gasteiger partial charge in [-0.3, -0.25) is 4.68 Å². The summed E-state index contributed by atoms with van der Waals surface area (Å²) in [5, 5.41) is 8.07. The summed E-state index contributed by atoms with van der Waals surface area (Å²) in [6.45, 7) is 1.94. The molecule has 2 heterocycles. The molecule has 1 saturated heterocycles. The number of hydrogen-bond acceptors (Lipinski definition) is 4. The van der Waals surface area contributed by atoms with Crippen LogP contribution in [0.15, 0.2) is 54.9 Å². The molecule has 3 aromatic rings. The first-order valence-electron chi connectivity index (χ1n) is 9.98. The van der Waals surface area contributed by atoms with E-state index in [2.05, 4.69) is 10.4 Å². The summed E-state index contributed by atoms with van der Waals surface area (Å²) in [6.07, 6.45) is 3.00. The predicted molar refractivity (Wildman–Crippen MR) is 120 cm³/mol. The number of carbonyl (C=O) groups is 1. The van der Waals surface area contributed by atoms with Crippen LogP contribution in [0.5, 0.6) is 5.75 Å². The number of benzene rings is 2. The second-order valence-corrected chi connectivity index (χ2v) is 8.15. The van der Waals surface area contributed by atoms with Crippen LogP contribution in [0.2, 0.25) is 10.0 Å². The molecule has 0 spiro atoms. The van der Waals surface area contributed by atoms with E-state index in [4.69, 9.17) is 32.7 Å². The Hall–Kier alpha value is -2.81. The largest absolute Gasteiger partial charge is 0.489 e. The molecule has 7 nitrogen and oxygen atoms in total. The molecule has 1 aromatic heterocycles. The molecule has 1 aliphatic heterocycles. The van der Waals surface area contributed by atoms with Gasteiger partial charge in [-0.15, -0.1) is 0 Å². The summed E-state index contributed by atoms with van der Waals surface area (Å²) in [6, 6.07) is 10.9. The van der Waals surface area contributed by atoms with Gasteiger partial charge in [0.15, 0.2) is 0 Å². The molecule has 10 heteroatoms. The summed E-state index contributed by atoms with van der Waals surface area (Å²) in [7, 11) is 0. The topological polar surface area (TPSA) is 68.6 Å². The Kier molecular flexibility index (Phi) is 7.14. The van der Waals surface area contributed by atoms with E-state index in [1.807, 2.05) is 0 Å². The highest BCUT2D eigenvalue weighted by Gasteiger charge is 2.25. The van der Waals surface area contributed by atoms with Crippen LogP contribution in [0.4, 0.5) is 14.9 Å². The third-order valence-electron chi connectivity index (χ3n) is 4.89. The van der Waals surface area contributed by atoms with Crippen molar-refractivity contribution in [2.75, 3.05) is 31.6 Å². The van der Waals surface area contributed by atoms with E-state index in [1.54, 1.807) is 52.3 Å². The summed E-state index contributed by atoms with van der Waals surface area (Å²) in [5.74, 6) is 0.185. The lowest BCUT2D eigenvalue weighted by atomic mass is 10.2. The summed E-state index contributed by atoms with van der Waals surface area (Å²) in [4.78, 5) is 14.4. The van der Waals surface area contributed by atoms with E-state index in [0.717, 1.165) is 5.56 Å². The third kappa shape index (κ3) is 5.91. The van der Waals surface area contributed by atoms with Gasteiger partial charge >= 0.3 is 6.03 Å². The first-order valence-corrected chi connectivity index (χ1v) is 10.7. The molecule has 1 N–H and O–H groups in total. The lowest BCUT2D eigenvalue weighted by Crippen LogP contribution is -2.49. The van der Waals surface area contributed by atoms with Crippen LogP contribution in [-0.4, -0.2) is 53.1 Å². The van der Waals surface area contributed by atoms with Gasteiger partial charge in [0.25, 0.3) is 0 Å². The molecule has 0 radical (unpaired) electrons. The number of anilines is 1. The van der Waals surface area contributed by atoms with Crippen LogP contribution >= 0.6 is 23.2 Å². The van der Waals surface area contributed by atoms with Crippen molar-refractivity contribution in [3.8, 4) is 5.75 Å². The number of aromatic nitrogens is 2. The highest BCUT2D eigenvalue weighted by atomic mass is 35.5. The number of urea groups is 1. The predicted octanol–water partition coefficient (Wildman–Crippen LogP) is 4.69. The molecular formula is C22H21Cl2FN4O3. The zero-order valence-corrected chi connectivity index (χ0v) is 18.5. The Balaban J connectivity index is 1.29. The van der Waals surface area contributed by atoms with E-state index < -0.39 is 0 Å². The number of amides is 2. The number of hydrogen-bond donors (Lipinski definition) is 1. The van der Waals surface area contributed by atoms with E-state index in [9.17, 15) is 9.18 Å². The second kappa shape index (κ2) is 10.2. The van der Waals surface area contributed by atoms with Crippen molar-refractivity contribution in [3.63, 3.8) is 0 Å². The van der Waals surface area contributed by atoms with Crippen LogP contribution in [0.25, 0.3) is 0 Å². The number of halogens is 3. The van der Waals surface area contributed by atoms with Crippen molar-refractivity contribution in [3.05, 3.63) is 76.3 Å². The monoisotopic (exact) mass is 478 g/mol. The van der Waals surface area contributed by atoms with Crippen molar-refractivity contribution in [2.24, 2.45) is 0 Å². The number of morpholine rings is 1. The van der Waals surface area contributed by atoms with Gasteiger partial charge in [0.2, 0.25) is 0 Å². The maximum Gasteiger partial charge on any atom is 0.322 e. The molecule has 32 heavy (non-hydrogen) atoms. The Labute approximate surface area is 194 Å². The van der Waals surface area contributed by atoms with E-state index in [1.165, 1.54) is 12.1 Å². The molecule has 1 unspecified atom stereocenters. The molecule has 0 saturated carbocycles. The molecular weight excluding hydrogens is 458 g/mol. The number of rotatable bonds is 6. The first-order chi connectivity index (χ1) is 15.5. The minimum Gasteiger partial charge on any atom is -0.489 e. The lowest BCUT2D eigenvalue weighted by molar-refractivity contribution is -0.0336. The van der Waals surface area contributed by atoms with Gasteiger partial charge in [-0.25, -0.2) is 9.18 Å². The van der Waals surface area contributed by atoms with E-state index in [0.29, 0.717) is 47.7 Å². The van der Waals surface area contributed by atoms with Gasteiger partial charge in [0, 0.05) is 23.8 Å². The van der Waals surface area contributed by atoms with Gasteiger partial charge in [0.1, 0.15) is 24.3 Å². The standard InChI is InChI=1S/C22H21Cl2FN4O3/c23-16-3-6-20(24)21(9-16)32-14-19-13-28(7-8-31-19)22(30)27-18-10-26-29(12-18)11-15-1-4-17(25)5-2-15/h1-6,9-10,12,19H,7-8,11,13-14H2,(H,27,30). The highest BCUT2D eigenvalue weighted by Crippen LogP contribution is 2.28. The molecule has 1 fully saturated rings. The summed E-state index contributed by atoms with van der Waals surface area (Å²) in [5.41, 5.74) is 1.48. The molecule has 1 aliphatic rings. The SMILES string of the molecule is O=C(Nc1cnn(Cc2ccc(F)cc2)c1)N1CCOC(COc2cc(Cl)ccc2Cl)C1. The fraction of sp³-hybridized carbons (Fsp3) is 0.273. The zero-order valence-electron chi connectivity index (χ0n) is 17.0. The first kappa shape index (κ1) is 22.4. The Bertz CT molecular complexity index is 1080. The minimum absolute atomic E-state index is 0.236. The second-order valence-electron chi connectivity index (χ2n) is 7.31. The van der Waals surface area contributed by atoms with Crippen LogP contribution in [0.3, 0.4) is 0 Å². The zero-order chi connectivity index (χ0) is 22.5. The van der Waals surface area contributed by atoms with Crippen LogP contribution in [0, 0.1) is 5.82 Å². The molecule has 0 bridgehead atoms. The highest BCUT2D eigenvalue weighted by molar-refractivity contribution is 6.34. The number of nitrogens with one attached hydrogen (secondary N) is 1. The fourth-order valence-corrected chi connectivity index (χ4v) is 3.60. The van der Waals surface area contributed by atoms with Crippen molar-refractivity contribution < 1.29 is 18.7 Å². The Morgan fingerprint density at radius 1 is 1.25 bits per heavy atom. The molecule has 0 aliphatic carbocycles. The number of carbonyl (C=O) groups excluding carboxylic acids is 1. The van der Waals surface area contributed by atoms with E-state index >= 15 is 0 Å². The molecule has 2 amide bonds. The van der Waals surface area contributed by atoms with E-state index in [-0.39, 0.29) is 24.6 Å². The van der Waals surface area contributed by atoms with Crippen molar-refractivity contribution in [1.29, 1.82) is 0 Å². The van der Waals surface area contributed by atoms with Crippen LogP contribution in [0.1, 0.15) is 5.56 Å². The van der Waals surface area contributed by atoms with Gasteiger partial charge in [0.05, 0.1) is 36.6 Å². The number of ether oxygens (including phenoxy) is 2. The van der Waals surface area contributed by atoms with Gasteiger partial charge in [-0.1, -0.05) is 35.3 Å². The van der Waals surface area contributed by atoms with Crippen molar-refractivity contribution >= 4 is 34.9 Å². The molecule has 2 aromatic carbocycles. The Morgan fingerprint density at radius 3 is 2.88 bits per heavy atom. The average molecular weight is 479 g/mol. The maximum absolute atomic E-state index is 13.0. The fourth-order valence-electron chi connectivity index (χ4n) is 3.27. The molecule has 4 rings (SSSR count). The minimum atomic E-state index is -0.300. The molecule has 168 valence electrons.